The smallest absolute Gasteiger partial charge is 0.142 e. The lowest BCUT2D eigenvalue weighted by atomic mass is 10.1. The molecule has 1 heterocycles. The molecular weight excluding hydrogens is 190 g/mol. The number of ether oxygens (including phenoxy) is 1. The molecule has 15 heavy (non-hydrogen) atoms. The highest BCUT2D eigenvalue weighted by Gasteiger charge is 2.07. The molecule has 4 heteroatoms. The molecule has 0 bridgehead atoms. The number of nitrogens with zero attached hydrogens (tertiary/aromatic N) is 1. The fourth-order valence-corrected chi connectivity index (χ4v) is 1.62. The number of rotatable bonds is 3. The monoisotopic (exact) mass is 205 g/mol. The molecule has 0 aromatic heterocycles. The minimum atomic E-state index is 0.669. The van der Waals surface area contributed by atoms with Gasteiger partial charge in [-0.05, 0) is 17.7 Å². The largest absolute Gasteiger partial charge is 0.495 e. The third-order valence-electron chi connectivity index (χ3n) is 2.41. The summed E-state index contributed by atoms with van der Waals surface area (Å²) in [4.78, 5) is 4.34. The first-order valence-electron chi connectivity index (χ1n) is 4.99. The Labute approximate surface area is 89.1 Å². The zero-order chi connectivity index (χ0) is 10.7. The van der Waals surface area contributed by atoms with Crippen LogP contribution in [0.4, 0.5) is 5.69 Å². The fraction of sp³-hybridized carbons (Fsp3) is 0.364. The second-order valence-corrected chi connectivity index (χ2v) is 3.51. The van der Waals surface area contributed by atoms with Gasteiger partial charge in [0, 0.05) is 13.0 Å². The molecule has 0 aliphatic carbocycles. The van der Waals surface area contributed by atoms with Crippen molar-refractivity contribution in [2.24, 2.45) is 4.99 Å². The van der Waals surface area contributed by atoms with Crippen molar-refractivity contribution in [3.05, 3.63) is 23.8 Å². The van der Waals surface area contributed by atoms with Crippen LogP contribution in [0.25, 0.3) is 0 Å². The van der Waals surface area contributed by atoms with Crippen LogP contribution in [-0.4, -0.2) is 26.0 Å². The summed E-state index contributed by atoms with van der Waals surface area (Å²) in [7, 11) is 1.63. The van der Waals surface area contributed by atoms with Crippen molar-refractivity contribution < 1.29 is 4.74 Å². The molecule has 1 aromatic carbocycles. The Morgan fingerprint density at radius 3 is 3.07 bits per heavy atom. The molecule has 0 unspecified atom stereocenters. The predicted molar refractivity (Wildman–Crippen MR) is 61.4 cm³/mol. The maximum atomic E-state index is 5.74. The summed E-state index contributed by atoms with van der Waals surface area (Å²) >= 11 is 0. The van der Waals surface area contributed by atoms with Crippen molar-refractivity contribution in [1.82, 2.24) is 5.32 Å². The van der Waals surface area contributed by atoms with Crippen molar-refractivity contribution in [1.29, 1.82) is 0 Å². The topological polar surface area (TPSA) is 59.6 Å². The fourth-order valence-electron chi connectivity index (χ4n) is 1.62. The first kappa shape index (κ1) is 9.83. The minimum absolute atomic E-state index is 0.669. The van der Waals surface area contributed by atoms with Gasteiger partial charge in [-0.3, -0.25) is 4.99 Å². The highest BCUT2D eigenvalue weighted by Crippen LogP contribution is 2.22. The first-order valence-corrected chi connectivity index (χ1v) is 4.99. The second kappa shape index (κ2) is 4.21. The number of nitrogens with two attached hydrogens (primary N) is 1. The van der Waals surface area contributed by atoms with Crippen LogP contribution in [0.15, 0.2) is 23.2 Å². The molecule has 4 nitrogen and oxygen atoms in total. The average Bonchev–Trinajstić information content (AvgIpc) is 2.73. The zero-order valence-electron chi connectivity index (χ0n) is 8.79. The standard InChI is InChI=1S/C11H15N3O/c1-15-10-6-8(2-3-9(10)12)7-11-13-4-5-14-11/h2-3,6H,4-5,7,12H2,1H3,(H,13,14). The van der Waals surface area contributed by atoms with Gasteiger partial charge >= 0.3 is 0 Å². The summed E-state index contributed by atoms with van der Waals surface area (Å²) in [5, 5.41) is 3.24. The summed E-state index contributed by atoms with van der Waals surface area (Å²) in [6.45, 7) is 1.82. The van der Waals surface area contributed by atoms with Gasteiger partial charge in [0.1, 0.15) is 11.6 Å². The van der Waals surface area contributed by atoms with E-state index in [0.717, 1.165) is 36.7 Å². The van der Waals surface area contributed by atoms with Crippen molar-refractivity contribution in [2.75, 3.05) is 25.9 Å². The minimum Gasteiger partial charge on any atom is -0.495 e. The van der Waals surface area contributed by atoms with Crippen molar-refractivity contribution in [2.45, 2.75) is 6.42 Å². The van der Waals surface area contributed by atoms with Crippen LogP contribution in [-0.2, 0) is 6.42 Å². The molecule has 0 amide bonds. The Kier molecular flexibility index (Phi) is 2.76. The molecule has 2 rings (SSSR count). The maximum Gasteiger partial charge on any atom is 0.142 e. The summed E-state index contributed by atoms with van der Waals surface area (Å²) < 4.78 is 5.16. The van der Waals surface area contributed by atoms with E-state index in [1.165, 1.54) is 0 Å². The molecule has 0 saturated carbocycles. The SMILES string of the molecule is COc1cc(CC2=NCCN2)ccc1N. The number of nitrogens with one attached hydrogen (secondary N) is 1. The summed E-state index contributed by atoms with van der Waals surface area (Å²) in [5.74, 6) is 1.77. The number of benzene rings is 1. The van der Waals surface area contributed by atoms with Crippen molar-refractivity contribution in [3.63, 3.8) is 0 Å². The molecule has 3 N–H and O–H groups in total. The van der Waals surface area contributed by atoms with E-state index in [-0.39, 0.29) is 0 Å². The van der Waals surface area contributed by atoms with Gasteiger partial charge in [-0.2, -0.15) is 0 Å². The highest BCUT2D eigenvalue weighted by molar-refractivity contribution is 5.85. The van der Waals surface area contributed by atoms with E-state index in [0.29, 0.717) is 5.69 Å². The Morgan fingerprint density at radius 1 is 1.53 bits per heavy atom. The van der Waals surface area contributed by atoms with E-state index in [1.807, 2.05) is 18.2 Å². The van der Waals surface area contributed by atoms with Gasteiger partial charge < -0.3 is 15.8 Å². The van der Waals surface area contributed by atoms with Gasteiger partial charge in [-0.25, -0.2) is 0 Å². The van der Waals surface area contributed by atoms with Crippen LogP contribution in [0.5, 0.6) is 5.75 Å². The Morgan fingerprint density at radius 2 is 2.40 bits per heavy atom. The molecule has 0 fully saturated rings. The average molecular weight is 205 g/mol. The van der Waals surface area contributed by atoms with Crippen LogP contribution in [0.1, 0.15) is 5.56 Å². The lowest BCUT2D eigenvalue weighted by Crippen LogP contribution is -2.20. The molecular formula is C11H15N3O. The number of amidine groups is 1. The van der Waals surface area contributed by atoms with Crippen LogP contribution in [0.3, 0.4) is 0 Å². The number of nitrogen functional groups attached to an aromatic ring is 1. The lowest BCUT2D eigenvalue weighted by molar-refractivity contribution is 0.416. The molecule has 1 aromatic rings. The van der Waals surface area contributed by atoms with E-state index in [4.69, 9.17) is 10.5 Å². The van der Waals surface area contributed by atoms with E-state index < -0.39 is 0 Å². The predicted octanol–water partition coefficient (Wildman–Crippen LogP) is 0.822. The number of hydrogen-bond acceptors (Lipinski definition) is 4. The number of methoxy groups -OCH3 is 1. The summed E-state index contributed by atoms with van der Waals surface area (Å²) in [5.41, 5.74) is 7.57. The van der Waals surface area contributed by atoms with E-state index >= 15 is 0 Å². The van der Waals surface area contributed by atoms with Gasteiger partial charge in [0.05, 0.1) is 19.3 Å². The Hall–Kier alpha value is -1.71. The van der Waals surface area contributed by atoms with Crippen LogP contribution in [0.2, 0.25) is 0 Å². The summed E-state index contributed by atoms with van der Waals surface area (Å²) in [6, 6.07) is 5.82. The first-order chi connectivity index (χ1) is 7.29. The zero-order valence-corrected chi connectivity index (χ0v) is 8.79. The van der Waals surface area contributed by atoms with Crippen LogP contribution in [0, 0.1) is 0 Å². The highest BCUT2D eigenvalue weighted by atomic mass is 16.5. The third kappa shape index (κ3) is 2.21. The quantitative estimate of drug-likeness (QED) is 0.718. The van der Waals surface area contributed by atoms with E-state index in [1.54, 1.807) is 7.11 Å². The van der Waals surface area contributed by atoms with Crippen molar-refractivity contribution in [3.8, 4) is 5.75 Å². The van der Waals surface area contributed by atoms with Gasteiger partial charge in [0.2, 0.25) is 0 Å². The van der Waals surface area contributed by atoms with E-state index in [2.05, 4.69) is 10.3 Å². The van der Waals surface area contributed by atoms with Gasteiger partial charge in [0.25, 0.3) is 0 Å². The van der Waals surface area contributed by atoms with Crippen LogP contribution < -0.4 is 15.8 Å². The maximum absolute atomic E-state index is 5.74. The molecule has 1 aliphatic rings. The van der Waals surface area contributed by atoms with E-state index in [9.17, 15) is 0 Å². The van der Waals surface area contributed by atoms with Gasteiger partial charge in [-0.1, -0.05) is 6.07 Å². The Balaban J connectivity index is 2.14. The Bertz CT molecular complexity index is 387. The molecule has 0 atom stereocenters. The molecule has 80 valence electrons. The molecule has 0 radical (unpaired) electrons. The number of anilines is 1. The molecule has 0 saturated heterocycles. The van der Waals surface area contributed by atoms with Crippen LogP contribution >= 0.6 is 0 Å². The molecule has 1 aliphatic heterocycles. The van der Waals surface area contributed by atoms with Crippen molar-refractivity contribution >= 4 is 11.5 Å². The second-order valence-electron chi connectivity index (χ2n) is 3.51. The number of hydrogen-bond donors (Lipinski definition) is 2. The molecule has 0 spiro atoms. The van der Waals surface area contributed by atoms with Gasteiger partial charge in [0.15, 0.2) is 0 Å². The normalized spacial score (nSPS) is 14.6. The summed E-state index contributed by atoms with van der Waals surface area (Å²) in [6.07, 6.45) is 0.816. The lowest BCUT2D eigenvalue weighted by Gasteiger charge is -2.07. The van der Waals surface area contributed by atoms with Gasteiger partial charge in [-0.15, -0.1) is 0 Å². The third-order valence-corrected chi connectivity index (χ3v) is 2.41. The number of aliphatic imine (C=N–C) groups is 1.